The average Bonchev–Trinajstić information content (AvgIpc) is 2.81. The van der Waals surface area contributed by atoms with Gasteiger partial charge in [0.05, 0.1) is 12.0 Å². The molecule has 5 heteroatoms. The molecule has 1 atom stereocenters. The molecule has 94 valence electrons. The Kier molecular flexibility index (Phi) is 3.47. The summed E-state index contributed by atoms with van der Waals surface area (Å²) in [4.78, 5) is 21.5. The SMILES string of the molecule is CNC(=O)C1(C)CCCN(Cc2ncc[nH]2)C1. The van der Waals surface area contributed by atoms with Crippen LogP contribution >= 0.6 is 0 Å². The molecule has 0 aromatic carbocycles. The second-order valence-electron chi connectivity index (χ2n) is 4.99. The molecule has 1 fully saturated rings. The highest BCUT2D eigenvalue weighted by Gasteiger charge is 2.37. The summed E-state index contributed by atoms with van der Waals surface area (Å²) in [6.45, 7) is 4.67. The van der Waals surface area contributed by atoms with Gasteiger partial charge in [0.15, 0.2) is 0 Å². The van der Waals surface area contributed by atoms with Crippen molar-refractivity contribution in [1.29, 1.82) is 0 Å². The number of carbonyl (C=O) groups is 1. The van der Waals surface area contributed by atoms with Gasteiger partial charge in [-0.15, -0.1) is 0 Å². The second kappa shape index (κ2) is 4.87. The number of nitrogens with one attached hydrogen (secondary N) is 2. The highest BCUT2D eigenvalue weighted by Crippen LogP contribution is 2.30. The zero-order chi connectivity index (χ0) is 12.3. The molecule has 0 saturated carbocycles. The Hall–Kier alpha value is -1.36. The van der Waals surface area contributed by atoms with Crippen LogP contribution in [0.1, 0.15) is 25.6 Å². The molecular weight excluding hydrogens is 216 g/mol. The van der Waals surface area contributed by atoms with Crippen molar-refractivity contribution in [3.8, 4) is 0 Å². The number of H-pyrrole nitrogens is 1. The van der Waals surface area contributed by atoms with Crippen molar-refractivity contribution in [3.05, 3.63) is 18.2 Å². The number of likely N-dealkylation sites (tertiary alicyclic amines) is 1. The van der Waals surface area contributed by atoms with Gasteiger partial charge in [-0.05, 0) is 26.3 Å². The number of carbonyl (C=O) groups excluding carboxylic acids is 1. The van der Waals surface area contributed by atoms with Gasteiger partial charge in [-0.3, -0.25) is 9.69 Å². The molecule has 2 N–H and O–H groups in total. The van der Waals surface area contributed by atoms with E-state index in [1.54, 1.807) is 13.2 Å². The average molecular weight is 236 g/mol. The molecule has 17 heavy (non-hydrogen) atoms. The van der Waals surface area contributed by atoms with Gasteiger partial charge in [0, 0.05) is 26.0 Å². The molecule has 1 aliphatic rings. The summed E-state index contributed by atoms with van der Waals surface area (Å²) in [5.41, 5.74) is -0.264. The number of nitrogens with zero attached hydrogens (tertiary/aromatic N) is 2. The number of hydrogen-bond acceptors (Lipinski definition) is 3. The van der Waals surface area contributed by atoms with Crippen LogP contribution in [0.25, 0.3) is 0 Å². The van der Waals surface area contributed by atoms with E-state index in [4.69, 9.17) is 0 Å². The number of rotatable bonds is 3. The molecule has 1 aliphatic heterocycles. The van der Waals surface area contributed by atoms with Gasteiger partial charge in [-0.25, -0.2) is 4.98 Å². The minimum absolute atomic E-state index is 0.140. The predicted molar refractivity (Wildman–Crippen MR) is 65.3 cm³/mol. The number of aromatic amines is 1. The summed E-state index contributed by atoms with van der Waals surface area (Å²) < 4.78 is 0. The van der Waals surface area contributed by atoms with Crippen molar-refractivity contribution in [3.63, 3.8) is 0 Å². The fraction of sp³-hybridized carbons (Fsp3) is 0.667. The maximum Gasteiger partial charge on any atom is 0.226 e. The van der Waals surface area contributed by atoms with Crippen molar-refractivity contribution < 1.29 is 4.79 Å². The molecule has 0 radical (unpaired) electrons. The van der Waals surface area contributed by atoms with E-state index in [1.807, 2.05) is 13.1 Å². The maximum atomic E-state index is 11.9. The van der Waals surface area contributed by atoms with Crippen molar-refractivity contribution >= 4 is 5.91 Å². The van der Waals surface area contributed by atoms with Gasteiger partial charge in [-0.1, -0.05) is 0 Å². The summed E-state index contributed by atoms with van der Waals surface area (Å²) in [5, 5.41) is 2.77. The third kappa shape index (κ3) is 2.66. The molecule has 1 amide bonds. The Labute approximate surface area is 102 Å². The van der Waals surface area contributed by atoms with Crippen LogP contribution in [-0.2, 0) is 11.3 Å². The van der Waals surface area contributed by atoms with E-state index < -0.39 is 0 Å². The summed E-state index contributed by atoms with van der Waals surface area (Å²) in [6, 6.07) is 0. The molecule has 0 aliphatic carbocycles. The lowest BCUT2D eigenvalue weighted by molar-refractivity contribution is -0.132. The molecule has 1 saturated heterocycles. The van der Waals surface area contributed by atoms with E-state index >= 15 is 0 Å². The van der Waals surface area contributed by atoms with Gasteiger partial charge in [0.2, 0.25) is 5.91 Å². The first kappa shape index (κ1) is 12.1. The molecule has 1 aromatic heterocycles. The van der Waals surface area contributed by atoms with Crippen molar-refractivity contribution in [1.82, 2.24) is 20.2 Å². The van der Waals surface area contributed by atoms with Crippen LogP contribution in [0.3, 0.4) is 0 Å². The molecule has 1 unspecified atom stereocenters. The van der Waals surface area contributed by atoms with Gasteiger partial charge in [0.25, 0.3) is 0 Å². The minimum Gasteiger partial charge on any atom is -0.359 e. The summed E-state index contributed by atoms with van der Waals surface area (Å²) >= 11 is 0. The highest BCUT2D eigenvalue weighted by atomic mass is 16.2. The molecule has 1 aromatic rings. The third-order valence-electron chi connectivity index (χ3n) is 3.48. The highest BCUT2D eigenvalue weighted by molar-refractivity contribution is 5.82. The maximum absolute atomic E-state index is 11.9. The predicted octanol–water partition coefficient (Wildman–Crippen LogP) is 0.758. The number of imidazole rings is 1. The standard InChI is InChI=1S/C12H20N4O/c1-12(11(17)13-2)4-3-7-16(9-12)8-10-14-5-6-15-10/h5-6H,3-4,7-9H2,1-2H3,(H,13,17)(H,14,15). The number of amides is 1. The van der Waals surface area contributed by atoms with Crippen LogP contribution in [-0.4, -0.2) is 40.9 Å². The summed E-state index contributed by atoms with van der Waals surface area (Å²) in [7, 11) is 1.71. The van der Waals surface area contributed by atoms with E-state index in [0.717, 1.165) is 38.3 Å². The Morgan fingerprint density at radius 2 is 2.53 bits per heavy atom. The zero-order valence-electron chi connectivity index (χ0n) is 10.5. The normalized spacial score (nSPS) is 25.8. The topological polar surface area (TPSA) is 61.0 Å². The molecule has 2 heterocycles. The minimum atomic E-state index is -0.264. The molecule has 2 rings (SSSR count). The lowest BCUT2D eigenvalue weighted by Crippen LogP contribution is -2.49. The smallest absolute Gasteiger partial charge is 0.226 e. The van der Waals surface area contributed by atoms with E-state index in [2.05, 4.69) is 20.2 Å². The Morgan fingerprint density at radius 3 is 3.18 bits per heavy atom. The monoisotopic (exact) mass is 236 g/mol. The first-order chi connectivity index (χ1) is 8.14. The van der Waals surface area contributed by atoms with E-state index in [-0.39, 0.29) is 11.3 Å². The Morgan fingerprint density at radius 1 is 1.71 bits per heavy atom. The van der Waals surface area contributed by atoms with Crippen LogP contribution in [0.15, 0.2) is 12.4 Å². The van der Waals surface area contributed by atoms with Gasteiger partial charge in [-0.2, -0.15) is 0 Å². The lowest BCUT2D eigenvalue weighted by Gasteiger charge is -2.38. The molecule has 5 nitrogen and oxygen atoms in total. The van der Waals surface area contributed by atoms with E-state index in [0.29, 0.717) is 0 Å². The summed E-state index contributed by atoms with van der Waals surface area (Å²) in [5.74, 6) is 1.10. The lowest BCUT2D eigenvalue weighted by atomic mass is 9.81. The summed E-state index contributed by atoms with van der Waals surface area (Å²) in [6.07, 6.45) is 5.61. The molecule has 0 bridgehead atoms. The first-order valence-corrected chi connectivity index (χ1v) is 6.07. The van der Waals surface area contributed by atoms with Crippen molar-refractivity contribution in [2.24, 2.45) is 5.41 Å². The second-order valence-corrected chi connectivity index (χ2v) is 4.99. The quantitative estimate of drug-likeness (QED) is 0.814. The van der Waals surface area contributed by atoms with Crippen molar-refractivity contribution in [2.75, 3.05) is 20.1 Å². The zero-order valence-corrected chi connectivity index (χ0v) is 10.5. The molecule has 0 spiro atoms. The fourth-order valence-electron chi connectivity index (χ4n) is 2.56. The van der Waals surface area contributed by atoms with Crippen LogP contribution in [0, 0.1) is 5.41 Å². The van der Waals surface area contributed by atoms with Gasteiger partial charge >= 0.3 is 0 Å². The Bertz CT molecular complexity index is 376. The van der Waals surface area contributed by atoms with Crippen molar-refractivity contribution in [2.45, 2.75) is 26.3 Å². The van der Waals surface area contributed by atoms with Crippen LogP contribution in [0.5, 0.6) is 0 Å². The number of aromatic nitrogens is 2. The van der Waals surface area contributed by atoms with E-state index in [1.165, 1.54) is 0 Å². The van der Waals surface area contributed by atoms with E-state index in [9.17, 15) is 4.79 Å². The van der Waals surface area contributed by atoms with Gasteiger partial charge < -0.3 is 10.3 Å². The molecular formula is C12H20N4O. The largest absolute Gasteiger partial charge is 0.359 e. The van der Waals surface area contributed by atoms with Crippen LogP contribution in [0.2, 0.25) is 0 Å². The number of piperidine rings is 1. The van der Waals surface area contributed by atoms with Crippen LogP contribution in [0.4, 0.5) is 0 Å². The Balaban J connectivity index is 1.99. The van der Waals surface area contributed by atoms with Gasteiger partial charge in [0.1, 0.15) is 5.82 Å². The first-order valence-electron chi connectivity index (χ1n) is 6.07. The third-order valence-corrected chi connectivity index (χ3v) is 3.48. The van der Waals surface area contributed by atoms with Crippen LogP contribution < -0.4 is 5.32 Å². The fourth-order valence-corrected chi connectivity index (χ4v) is 2.56. The number of hydrogen-bond donors (Lipinski definition) is 2.